The van der Waals surface area contributed by atoms with Crippen molar-refractivity contribution in [3.8, 4) is 11.5 Å². The minimum Gasteiger partial charge on any atom is -0.497 e. The number of ether oxygens (including phenoxy) is 2. The first kappa shape index (κ1) is 19.2. The highest BCUT2D eigenvalue weighted by atomic mass is 16.7. The van der Waals surface area contributed by atoms with Crippen LogP contribution in [-0.4, -0.2) is 47.5 Å². The number of pyridine rings is 1. The standard InChI is InChI=1S/C19H19N3O6/c1-26-12-6-7-13(15(9-12)27-2)14-10-19(28-22-14,11-17(23)24)18(25)21-16-5-3-4-8-20-16/h3-9H,10-11H2,1-2H3,(H,23,24)(H,20,21,25). The van der Waals surface area contributed by atoms with Crippen molar-refractivity contribution in [2.75, 3.05) is 19.5 Å². The van der Waals surface area contributed by atoms with Gasteiger partial charge in [-0.1, -0.05) is 11.2 Å². The van der Waals surface area contributed by atoms with Crippen LogP contribution in [0.25, 0.3) is 0 Å². The Bertz CT molecular complexity index is 915. The van der Waals surface area contributed by atoms with Crippen LogP contribution in [0.3, 0.4) is 0 Å². The van der Waals surface area contributed by atoms with Crippen molar-refractivity contribution < 1.29 is 29.0 Å². The summed E-state index contributed by atoms with van der Waals surface area (Å²) in [5.41, 5.74) is -0.706. The first-order valence-corrected chi connectivity index (χ1v) is 8.39. The van der Waals surface area contributed by atoms with Crippen molar-refractivity contribution in [1.82, 2.24) is 4.98 Å². The van der Waals surface area contributed by atoms with Gasteiger partial charge in [-0.25, -0.2) is 4.98 Å². The van der Waals surface area contributed by atoms with Crippen LogP contribution in [0.5, 0.6) is 11.5 Å². The van der Waals surface area contributed by atoms with Crippen molar-refractivity contribution in [2.24, 2.45) is 5.16 Å². The fraction of sp³-hybridized carbons (Fsp3) is 0.263. The topological polar surface area (TPSA) is 119 Å². The average Bonchev–Trinajstić information content (AvgIpc) is 3.12. The van der Waals surface area contributed by atoms with Gasteiger partial charge in [0.05, 0.1) is 26.4 Å². The van der Waals surface area contributed by atoms with Gasteiger partial charge in [-0.3, -0.25) is 9.59 Å². The average molecular weight is 385 g/mol. The van der Waals surface area contributed by atoms with Crippen LogP contribution < -0.4 is 14.8 Å². The molecule has 9 nitrogen and oxygen atoms in total. The third kappa shape index (κ3) is 3.88. The van der Waals surface area contributed by atoms with Crippen molar-refractivity contribution in [2.45, 2.75) is 18.4 Å². The Morgan fingerprint density at radius 2 is 2.07 bits per heavy atom. The summed E-state index contributed by atoms with van der Waals surface area (Å²) in [6, 6.07) is 10.1. The maximum atomic E-state index is 12.8. The van der Waals surface area contributed by atoms with E-state index in [-0.39, 0.29) is 12.2 Å². The zero-order valence-electron chi connectivity index (χ0n) is 15.3. The molecular weight excluding hydrogens is 366 g/mol. The van der Waals surface area contributed by atoms with E-state index in [0.29, 0.717) is 22.8 Å². The Balaban J connectivity index is 1.87. The van der Waals surface area contributed by atoms with Crippen LogP contribution >= 0.6 is 0 Å². The minimum absolute atomic E-state index is 0.0410. The molecule has 146 valence electrons. The number of nitrogens with one attached hydrogen (secondary N) is 1. The highest BCUT2D eigenvalue weighted by molar-refractivity contribution is 6.10. The number of rotatable bonds is 7. The summed E-state index contributed by atoms with van der Waals surface area (Å²) < 4.78 is 10.5. The predicted molar refractivity (Wildman–Crippen MR) is 99.6 cm³/mol. The number of carboxylic acids is 1. The van der Waals surface area contributed by atoms with Crippen molar-refractivity contribution >= 4 is 23.4 Å². The van der Waals surface area contributed by atoms with Crippen LogP contribution in [-0.2, 0) is 14.4 Å². The Labute approximate surface area is 160 Å². The maximum absolute atomic E-state index is 12.8. The molecule has 0 saturated carbocycles. The molecule has 1 aliphatic heterocycles. The highest BCUT2D eigenvalue weighted by Crippen LogP contribution is 2.35. The number of amides is 1. The molecule has 2 heterocycles. The molecule has 0 fully saturated rings. The predicted octanol–water partition coefficient (Wildman–Crippen LogP) is 2.08. The zero-order chi connectivity index (χ0) is 20.1. The van der Waals surface area contributed by atoms with E-state index in [1.807, 2.05) is 0 Å². The van der Waals surface area contributed by atoms with Gasteiger partial charge in [0.2, 0.25) is 5.60 Å². The molecule has 2 N–H and O–H groups in total. The molecule has 28 heavy (non-hydrogen) atoms. The van der Waals surface area contributed by atoms with E-state index in [9.17, 15) is 14.7 Å². The molecule has 0 spiro atoms. The second-order valence-corrected chi connectivity index (χ2v) is 6.11. The first-order chi connectivity index (χ1) is 13.5. The van der Waals surface area contributed by atoms with E-state index in [1.165, 1.54) is 20.4 Å². The lowest BCUT2D eigenvalue weighted by Gasteiger charge is -2.23. The summed E-state index contributed by atoms with van der Waals surface area (Å²) >= 11 is 0. The number of aliphatic carboxylic acids is 1. The summed E-state index contributed by atoms with van der Waals surface area (Å²) in [5, 5.41) is 15.9. The molecule has 1 aromatic carbocycles. The van der Waals surface area contributed by atoms with Crippen molar-refractivity contribution in [3.05, 3.63) is 48.2 Å². The van der Waals surface area contributed by atoms with E-state index in [2.05, 4.69) is 15.5 Å². The Hall–Kier alpha value is -3.62. The number of carbonyl (C=O) groups is 2. The first-order valence-electron chi connectivity index (χ1n) is 8.39. The van der Waals surface area contributed by atoms with E-state index < -0.39 is 23.9 Å². The molecule has 0 aliphatic carbocycles. The lowest BCUT2D eigenvalue weighted by molar-refractivity contribution is -0.152. The molecule has 2 aromatic rings. The normalized spacial score (nSPS) is 18.0. The number of oxime groups is 1. The van der Waals surface area contributed by atoms with Gasteiger partial charge in [-0.2, -0.15) is 0 Å². The molecule has 1 unspecified atom stereocenters. The number of carbonyl (C=O) groups excluding carboxylic acids is 1. The molecule has 1 aromatic heterocycles. The zero-order valence-corrected chi connectivity index (χ0v) is 15.3. The summed E-state index contributed by atoms with van der Waals surface area (Å²) in [6.07, 6.45) is 0.914. The molecule has 0 saturated heterocycles. The molecule has 1 aliphatic rings. The van der Waals surface area contributed by atoms with Crippen molar-refractivity contribution in [3.63, 3.8) is 0 Å². The highest BCUT2D eigenvalue weighted by Gasteiger charge is 2.49. The third-order valence-corrected chi connectivity index (χ3v) is 4.26. The summed E-state index contributed by atoms with van der Waals surface area (Å²) in [5.74, 6) is -0.478. The molecule has 1 amide bonds. The third-order valence-electron chi connectivity index (χ3n) is 4.26. The number of anilines is 1. The molecule has 1 atom stereocenters. The number of methoxy groups -OCH3 is 2. The Kier molecular flexibility index (Phi) is 5.44. The van der Waals surface area contributed by atoms with Crippen LogP contribution in [0, 0.1) is 0 Å². The fourth-order valence-corrected chi connectivity index (χ4v) is 2.87. The van der Waals surface area contributed by atoms with Crippen LogP contribution in [0.1, 0.15) is 18.4 Å². The van der Waals surface area contributed by atoms with Gasteiger partial charge in [-0.05, 0) is 24.3 Å². The van der Waals surface area contributed by atoms with Crippen LogP contribution in [0.15, 0.2) is 47.8 Å². The van der Waals surface area contributed by atoms with Gasteiger partial charge in [0, 0.05) is 24.2 Å². The quantitative estimate of drug-likeness (QED) is 0.749. The minimum atomic E-state index is -1.69. The molecule has 9 heteroatoms. The van der Waals surface area contributed by atoms with E-state index >= 15 is 0 Å². The van der Waals surface area contributed by atoms with Gasteiger partial charge in [0.1, 0.15) is 17.3 Å². The van der Waals surface area contributed by atoms with Crippen LogP contribution in [0.2, 0.25) is 0 Å². The molecule has 3 rings (SSSR count). The van der Waals surface area contributed by atoms with Gasteiger partial charge in [0.25, 0.3) is 5.91 Å². The molecule has 0 radical (unpaired) electrons. The number of hydrogen-bond acceptors (Lipinski definition) is 7. The number of aromatic nitrogens is 1. The van der Waals surface area contributed by atoms with E-state index in [0.717, 1.165) is 0 Å². The summed E-state index contributed by atoms with van der Waals surface area (Å²) in [4.78, 5) is 33.6. The van der Waals surface area contributed by atoms with Gasteiger partial charge < -0.3 is 24.7 Å². The summed E-state index contributed by atoms with van der Waals surface area (Å²) in [6.45, 7) is 0. The number of hydrogen-bond donors (Lipinski definition) is 2. The molecular formula is C19H19N3O6. The second-order valence-electron chi connectivity index (χ2n) is 6.11. The monoisotopic (exact) mass is 385 g/mol. The van der Waals surface area contributed by atoms with Gasteiger partial charge in [-0.15, -0.1) is 0 Å². The van der Waals surface area contributed by atoms with E-state index in [1.54, 1.807) is 36.4 Å². The number of carboxylic acid groups (broad SMARTS) is 1. The lowest BCUT2D eigenvalue weighted by atomic mass is 9.89. The van der Waals surface area contributed by atoms with Crippen LogP contribution in [0.4, 0.5) is 5.82 Å². The Morgan fingerprint density at radius 3 is 2.71 bits per heavy atom. The van der Waals surface area contributed by atoms with Gasteiger partial charge in [0.15, 0.2) is 0 Å². The Morgan fingerprint density at radius 1 is 1.25 bits per heavy atom. The second kappa shape index (κ2) is 7.95. The maximum Gasteiger partial charge on any atom is 0.308 e. The largest absolute Gasteiger partial charge is 0.497 e. The fourth-order valence-electron chi connectivity index (χ4n) is 2.87. The van der Waals surface area contributed by atoms with Gasteiger partial charge >= 0.3 is 5.97 Å². The van der Waals surface area contributed by atoms with Crippen molar-refractivity contribution in [1.29, 1.82) is 0 Å². The summed E-state index contributed by atoms with van der Waals surface area (Å²) in [7, 11) is 3.03. The van der Waals surface area contributed by atoms with E-state index in [4.69, 9.17) is 14.3 Å². The number of benzene rings is 1. The SMILES string of the molecule is COc1ccc(C2=NOC(CC(=O)O)(C(=O)Nc3ccccn3)C2)c(OC)c1. The molecule has 0 bridgehead atoms. The smallest absolute Gasteiger partial charge is 0.308 e. The number of nitrogens with zero attached hydrogens (tertiary/aromatic N) is 2. The lowest BCUT2D eigenvalue weighted by Crippen LogP contribution is -2.45.